The number of amides is 1. The Bertz CT molecular complexity index is 993. The van der Waals surface area contributed by atoms with Gasteiger partial charge in [0.2, 0.25) is 5.91 Å². The zero-order chi connectivity index (χ0) is 44.4. The van der Waals surface area contributed by atoms with Crippen LogP contribution < -0.4 is 5.32 Å². The average Bonchev–Trinajstić information content (AvgIpc) is 3.26. The van der Waals surface area contributed by atoms with E-state index in [1.807, 2.05) is 6.08 Å². The molecular formula is C55H103NO5. The van der Waals surface area contributed by atoms with Crippen LogP contribution in [0.5, 0.6) is 0 Å². The van der Waals surface area contributed by atoms with Gasteiger partial charge in [-0.2, -0.15) is 0 Å². The van der Waals surface area contributed by atoms with Gasteiger partial charge < -0.3 is 20.3 Å². The van der Waals surface area contributed by atoms with E-state index in [1.54, 1.807) is 6.08 Å². The van der Waals surface area contributed by atoms with Crippen LogP contribution in [0.3, 0.4) is 0 Å². The number of esters is 1. The van der Waals surface area contributed by atoms with Gasteiger partial charge in [-0.15, -0.1) is 0 Å². The zero-order valence-electron chi connectivity index (χ0n) is 40.6. The molecule has 0 heterocycles. The first-order valence-electron chi connectivity index (χ1n) is 26.8. The van der Waals surface area contributed by atoms with Crippen molar-refractivity contribution in [2.24, 2.45) is 0 Å². The molecule has 0 aliphatic carbocycles. The molecule has 0 radical (unpaired) electrons. The fourth-order valence-electron chi connectivity index (χ4n) is 7.97. The molecule has 0 aromatic carbocycles. The molecule has 0 spiro atoms. The van der Waals surface area contributed by atoms with Gasteiger partial charge in [-0.1, -0.05) is 217 Å². The summed E-state index contributed by atoms with van der Waals surface area (Å²) in [4.78, 5) is 24.5. The van der Waals surface area contributed by atoms with E-state index in [2.05, 4.69) is 43.5 Å². The molecule has 0 saturated heterocycles. The molecule has 6 nitrogen and oxygen atoms in total. The van der Waals surface area contributed by atoms with E-state index in [1.165, 1.54) is 167 Å². The van der Waals surface area contributed by atoms with Crippen molar-refractivity contribution in [1.82, 2.24) is 5.32 Å². The Morgan fingerprint density at radius 3 is 1.16 bits per heavy atom. The smallest absolute Gasteiger partial charge is 0.305 e. The average molecular weight is 858 g/mol. The Morgan fingerprint density at radius 1 is 0.443 bits per heavy atom. The van der Waals surface area contributed by atoms with Crippen LogP contribution in [0, 0.1) is 0 Å². The molecule has 3 N–H and O–H groups in total. The van der Waals surface area contributed by atoms with E-state index in [-0.39, 0.29) is 18.5 Å². The molecule has 0 aliphatic heterocycles. The van der Waals surface area contributed by atoms with Gasteiger partial charge in [0.05, 0.1) is 25.4 Å². The van der Waals surface area contributed by atoms with Crippen molar-refractivity contribution in [2.75, 3.05) is 13.2 Å². The van der Waals surface area contributed by atoms with Gasteiger partial charge in [0.1, 0.15) is 0 Å². The number of allylic oxidation sites excluding steroid dienone is 5. The van der Waals surface area contributed by atoms with Crippen molar-refractivity contribution in [1.29, 1.82) is 0 Å². The van der Waals surface area contributed by atoms with Crippen molar-refractivity contribution in [3.8, 4) is 0 Å². The number of rotatable bonds is 49. The second-order valence-corrected chi connectivity index (χ2v) is 18.2. The molecule has 0 aromatic heterocycles. The van der Waals surface area contributed by atoms with Crippen LogP contribution in [0.25, 0.3) is 0 Å². The van der Waals surface area contributed by atoms with Crippen LogP contribution in [0.15, 0.2) is 36.5 Å². The van der Waals surface area contributed by atoms with E-state index >= 15 is 0 Å². The predicted octanol–water partition coefficient (Wildman–Crippen LogP) is 16.1. The van der Waals surface area contributed by atoms with E-state index in [9.17, 15) is 19.8 Å². The molecule has 358 valence electrons. The van der Waals surface area contributed by atoms with Crippen LogP contribution in [0.1, 0.15) is 277 Å². The van der Waals surface area contributed by atoms with E-state index in [0.29, 0.717) is 19.4 Å². The molecule has 0 fully saturated rings. The maximum atomic E-state index is 12.4. The summed E-state index contributed by atoms with van der Waals surface area (Å²) >= 11 is 0. The molecule has 61 heavy (non-hydrogen) atoms. The van der Waals surface area contributed by atoms with Crippen molar-refractivity contribution in [3.63, 3.8) is 0 Å². The highest BCUT2D eigenvalue weighted by molar-refractivity contribution is 5.76. The van der Waals surface area contributed by atoms with Crippen LogP contribution in [-0.2, 0) is 14.3 Å². The summed E-state index contributed by atoms with van der Waals surface area (Å²) in [6, 6.07) is -0.650. The number of carbonyl (C=O) groups is 2. The number of hydrogen-bond acceptors (Lipinski definition) is 5. The van der Waals surface area contributed by atoms with Gasteiger partial charge in [-0.05, 0) is 83.5 Å². The Labute approximate surface area is 379 Å². The molecular weight excluding hydrogens is 755 g/mol. The number of aliphatic hydroxyl groups is 2. The molecule has 0 rings (SSSR count). The molecule has 0 bridgehead atoms. The minimum Gasteiger partial charge on any atom is -0.466 e. The third-order valence-electron chi connectivity index (χ3n) is 12.1. The molecule has 2 unspecified atom stereocenters. The predicted molar refractivity (Wildman–Crippen MR) is 264 cm³/mol. The van der Waals surface area contributed by atoms with Crippen LogP contribution in [-0.4, -0.2) is 47.4 Å². The fourth-order valence-corrected chi connectivity index (χ4v) is 7.97. The highest BCUT2D eigenvalue weighted by atomic mass is 16.5. The van der Waals surface area contributed by atoms with E-state index in [0.717, 1.165) is 83.5 Å². The lowest BCUT2D eigenvalue weighted by molar-refractivity contribution is -0.143. The Hall–Kier alpha value is -1.92. The summed E-state index contributed by atoms with van der Waals surface area (Å²) in [7, 11) is 0. The molecule has 6 heteroatoms. The summed E-state index contributed by atoms with van der Waals surface area (Å²) < 4.78 is 5.43. The number of nitrogens with one attached hydrogen (secondary N) is 1. The number of hydrogen-bond donors (Lipinski definition) is 3. The lowest BCUT2D eigenvalue weighted by Gasteiger charge is -2.20. The standard InChI is InChI=1S/C55H103NO5/c1-3-5-7-9-11-13-15-17-19-20-21-23-24-27-31-35-39-43-47-53(58)52(51-57)56-54(59)48-44-40-36-32-28-26-30-34-38-42-46-50-61-55(60)49-45-41-37-33-29-25-22-18-16-14-12-10-8-6-4-2/h18,22,30,34,43,47,52-53,57-58H,3-17,19-21,23-29,31-33,35-42,44-46,48-51H2,1-2H3,(H,56,59)/b22-18-,34-30-,47-43+. The van der Waals surface area contributed by atoms with E-state index < -0.39 is 12.1 Å². The van der Waals surface area contributed by atoms with Gasteiger partial charge in [0.25, 0.3) is 0 Å². The first-order valence-corrected chi connectivity index (χ1v) is 26.8. The van der Waals surface area contributed by atoms with Gasteiger partial charge in [-0.3, -0.25) is 9.59 Å². The SMILES string of the molecule is CCCCCCCC/C=C\CCCCCCCC(=O)OCCCC/C=C\CCCCCCCC(=O)NC(CO)C(O)/C=C/CCCCCCCCCCCCCCCCCC. The summed E-state index contributed by atoms with van der Waals surface area (Å²) in [6.07, 6.45) is 61.5. The second kappa shape index (κ2) is 50.7. The van der Waals surface area contributed by atoms with Crippen LogP contribution >= 0.6 is 0 Å². The summed E-state index contributed by atoms with van der Waals surface area (Å²) in [5.74, 6) is -0.138. The van der Waals surface area contributed by atoms with Crippen molar-refractivity contribution >= 4 is 11.9 Å². The summed E-state index contributed by atoms with van der Waals surface area (Å²) in [5.41, 5.74) is 0. The summed E-state index contributed by atoms with van der Waals surface area (Å²) in [5, 5.41) is 23.1. The third kappa shape index (κ3) is 47.4. The Kier molecular flexibility index (Phi) is 49.1. The van der Waals surface area contributed by atoms with Gasteiger partial charge in [0.15, 0.2) is 0 Å². The molecule has 0 saturated carbocycles. The van der Waals surface area contributed by atoms with Crippen molar-refractivity contribution < 1.29 is 24.5 Å². The minimum atomic E-state index is -0.863. The monoisotopic (exact) mass is 858 g/mol. The highest BCUT2D eigenvalue weighted by Gasteiger charge is 2.18. The Morgan fingerprint density at radius 2 is 0.770 bits per heavy atom. The molecule has 1 amide bonds. The first-order chi connectivity index (χ1) is 30.0. The number of aliphatic hydroxyl groups excluding tert-OH is 2. The highest BCUT2D eigenvalue weighted by Crippen LogP contribution is 2.15. The maximum Gasteiger partial charge on any atom is 0.305 e. The molecule has 2 atom stereocenters. The molecule has 0 aromatic rings. The van der Waals surface area contributed by atoms with E-state index in [4.69, 9.17) is 4.74 Å². The quantitative estimate of drug-likeness (QED) is 0.0322. The summed E-state index contributed by atoms with van der Waals surface area (Å²) in [6.45, 7) is 4.82. The maximum absolute atomic E-state index is 12.4. The van der Waals surface area contributed by atoms with Crippen molar-refractivity contribution in [3.05, 3.63) is 36.5 Å². The van der Waals surface area contributed by atoms with Crippen molar-refractivity contribution in [2.45, 2.75) is 289 Å². The Balaban J connectivity index is 3.56. The van der Waals surface area contributed by atoms with Gasteiger partial charge in [0, 0.05) is 12.8 Å². The molecule has 0 aliphatic rings. The lowest BCUT2D eigenvalue weighted by Crippen LogP contribution is -2.45. The second-order valence-electron chi connectivity index (χ2n) is 18.2. The lowest BCUT2D eigenvalue weighted by atomic mass is 10.0. The topological polar surface area (TPSA) is 95.9 Å². The van der Waals surface area contributed by atoms with Crippen LogP contribution in [0.4, 0.5) is 0 Å². The third-order valence-corrected chi connectivity index (χ3v) is 12.1. The van der Waals surface area contributed by atoms with Crippen LogP contribution in [0.2, 0.25) is 0 Å². The number of ether oxygens (including phenoxy) is 1. The zero-order valence-corrected chi connectivity index (χ0v) is 40.6. The number of unbranched alkanes of at least 4 members (excludes halogenated alkanes) is 34. The van der Waals surface area contributed by atoms with Gasteiger partial charge >= 0.3 is 5.97 Å². The van der Waals surface area contributed by atoms with Gasteiger partial charge in [-0.25, -0.2) is 0 Å². The first kappa shape index (κ1) is 59.1. The number of carbonyl (C=O) groups excluding carboxylic acids is 2. The largest absolute Gasteiger partial charge is 0.466 e. The fraction of sp³-hybridized carbons (Fsp3) is 0.855. The normalized spacial score (nSPS) is 12.9. The minimum absolute atomic E-state index is 0.0412.